The molecule has 11 heteroatoms. The Balaban J connectivity index is 1.32. The Morgan fingerprint density at radius 3 is 2.15 bits per heavy atom. The van der Waals surface area contributed by atoms with Gasteiger partial charge in [0.15, 0.2) is 0 Å². The maximum Gasteiger partial charge on any atom is 0.272 e. The minimum atomic E-state index is -0.629. The van der Waals surface area contributed by atoms with Gasteiger partial charge in [0.05, 0.1) is 24.9 Å². The van der Waals surface area contributed by atoms with Crippen LogP contribution < -0.4 is 25.4 Å². The average molecular weight is 684 g/mol. The predicted molar refractivity (Wildman–Crippen MR) is 190 cm³/mol. The first-order valence-electron chi connectivity index (χ1n) is 14.3. The van der Waals surface area contributed by atoms with E-state index in [4.69, 9.17) is 21.1 Å². The Morgan fingerprint density at radius 2 is 1.51 bits per heavy atom. The molecule has 0 saturated heterocycles. The standard InChI is InChI=1S/C36H30ClN3O5S2/c1-44-31-21-32(45-2)29(20-28(31)37)39-36(43)33(24-9-5-3-6-10-24)47-27-15-13-26(14-16-27)38-35(42)30(19-23-17-18-46-22-23)40-34(41)25-11-7-4-8-12-25/h3-22,33H,1-2H3,(H,38,42)(H,39,43)(H,40,41)/b30-19-. The van der Waals surface area contributed by atoms with Crippen molar-refractivity contribution in [3.8, 4) is 11.5 Å². The maximum absolute atomic E-state index is 13.7. The zero-order valence-corrected chi connectivity index (χ0v) is 27.7. The van der Waals surface area contributed by atoms with E-state index in [1.54, 1.807) is 54.6 Å². The molecule has 1 heterocycles. The number of carbonyl (C=O) groups excluding carboxylic acids is 3. The number of anilines is 2. The van der Waals surface area contributed by atoms with Crippen molar-refractivity contribution in [2.75, 3.05) is 24.9 Å². The van der Waals surface area contributed by atoms with Crippen LogP contribution in [0.1, 0.15) is 26.7 Å². The van der Waals surface area contributed by atoms with Crippen molar-refractivity contribution in [2.24, 2.45) is 0 Å². The van der Waals surface area contributed by atoms with Crippen molar-refractivity contribution in [1.82, 2.24) is 5.32 Å². The second-order valence-electron chi connectivity index (χ2n) is 10.00. The summed E-state index contributed by atoms with van der Waals surface area (Å²) in [4.78, 5) is 40.7. The molecule has 0 bridgehead atoms. The SMILES string of the molecule is COc1cc(OC)c(NC(=O)C(Sc2ccc(NC(=O)/C(=C/c3ccsc3)NC(=O)c3ccccc3)cc2)c2ccccc2)cc1Cl. The maximum atomic E-state index is 13.7. The lowest BCUT2D eigenvalue weighted by molar-refractivity contribution is -0.116. The summed E-state index contributed by atoms with van der Waals surface area (Å²) in [5, 5.41) is 12.0. The summed E-state index contributed by atoms with van der Waals surface area (Å²) < 4.78 is 10.7. The third-order valence-electron chi connectivity index (χ3n) is 6.82. The molecule has 8 nitrogen and oxygen atoms in total. The first-order valence-corrected chi connectivity index (χ1v) is 16.5. The van der Waals surface area contributed by atoms with Crippen LogP contribution in [0.2, 0.25) is 5.02 Å². The Labute approximate surface area is 285 Å². The van der Waals surface area contributed by atoms with Crippen LogP contribution >= 0.6 is 34.7 Å². The zero-order chi connectivity index (χ0) is 33.2. The molecule has 5 rings (SSSR count). The number of hydrogen-bond donors (Lipinski definition) is 3. The van der Waals surface area contributed by atoms with Crippen molar-refractivity contribution in [1.29, 1.82) is 0 Å². The number of hydrogen-bond acceptors (Lipinski definition) is 7. The number of benzene rings is 4. The van der Waals surface area contributed by atoms with E-state index in [9.17, 15) is 14.4 Å². The van der Waals surface area contributed by atoms with Gasteiger partial charge in [0.1, 0.15) is 22.4 Å². The number of carbonyl (C=O) groups is 3. The van der Waals surface area contributed by atoms with Gasteiger partial charge >= 0.3 is 0 Å². The van der Waals surface area contributed by atoms with E-state index >= 15 is 0 Å². The smallest absolute Gasteiger partial charge is 0.272 e. The van der Waals surface area contributed by atoms with Gasteiger partial charge in [0.25, 0.3) is 11.8 Å². The molecule has 1 aromatic heterocycles. The summed E-state index contributed by atoms with van der Waals surface area (Å²) >= 11 is 9.17. The largest absolute Gasteiger partial charge is 0.495 e. The number of thiophene rings is 1. The van der Waals surface area contributed by atoms with Crippen molar-refractivity contribution in [3.63, 3.8) is 0 Å². The highest BCUT2D eigenvalue weighted by atomic mass is 35.5. The van der Waals surface area contributed by atoms with Gasteiger partial charge in [-0.1, -0.05) is 60.1 Å². The van der Waals surface area contributed by atoms with E-state index in [1.807, 2.05) is 65.4 Å². The molecule has 0 aliphatic heterocycles. The molecule has 47 heavy (non-hydrogen) atoms. The minimum Gasteiger partial charge on any atom is -0.495 e. The number of halogens is 1. The van der Waals surface area contributed by atoms with Gasteiger partial charge in [0.2, 0.25) is 5.91 Å². The van der Waals surface area contributed by atoms with Gasteiger partial charge in [0, 0.05) is 22.2 Å². The van der Waals surface area contributed by atoms with Gasteiger partial charge in [-0.2, -0.15) is 11.3 Å². The van der Waals surface area contributed by atoms with E-state index < -0.39 is 17.1 Å². The van der Waals surface area contributed by atoms with Gasteiger partial charge in [-0.05, 0) is 76.5 Å². The molecule has 0 saturated carbocycles. The predicted octanol–water partition coefficient (Wildman–Crippen LogP) is 8.30. The molecule has 0 spiro atoms. The van der Waals surface area contributed by atoms with Crippen molar-refractivity contribution in [3.05, 3.63) is 141 Å². The van der Waals surface area contributed by atoms with Crippen molar-refractivity contribution >= 4 is 69.9 Å². The van der Waals surface area contributed by atoms with Crippen LogP contribution in [-0.4, -0.2) is 31.9 Å². The Kier molecular flexibility index (Phi) is 11.3. The fourth-order valence-corrected chi connectivity index (χ4v) is 6.36. The number of ether oxygens (including phenoxy) is 2. The summed E-state index contributed by atoms with van der Waals surface area (Å²) in [6.07, 6.45) is 1.63. The molecule has 3 N–H and O–H groups in total. The Hall–Kier alpha value is -5.03. The summed E-state index contributed by atoms with van der Waals surface area (Å²) in [5.74, 6) is -0.321. The van der Waals surface area contributed by atoms with Crippen molar-refractivity contribution < 1.29 is 23.9 Å². The summed E-state index contributed by atoms with van der Waals surface area (Å²) in [6.45, 7) is 0. The second kappa shape index (κ2) is 16.0. The molecule has 0 aliphatic carbocycles. The molecule has 3 amide bonds. The average Bonchev–Trinajstić information content (AvgIpc) is 3.61. The third kappa shape index (κ3) is 8.82. The molecule has 0 aliphatic rings. The van der Waals surface area contributed by atoms with E-state index in [1.165, 1.54) is 37.3 Å². The molecule has 0 radical (unpaired) electrons. The van der Waals surface area contributed by atoms with Gasteiger partial charge < -0.3 is 25.4 Å². The van der Waals surface area contributed by atoms with E-state index in [-0.39, 0.29) is 11.6 Å². The first-order chi connectivity index (χ1) is 22.8. The highest BCUT2D eigenvalue weighted by Crippen LogP contribution is 2.40. The number of rotatable bonds is 12. The van der Waals surface area contributed by atoms with Crippen LogP contribution in [0.5, 0.6) is 11.5 Å². The Morgan fingerprint density at radius 1 is 0.830 bits per heavy atom. The quantitative estimate of drug-likeness (QED) is 0.0903. The van der Waals surface area contributed by atoms with E-state index in [0.29, 0.717) is 33.5 Å². The normalized spacial score (nSPS) is 11.7. The molecule has 1 atom stereocenters. The second-order valence-corrected chi connectivity index (χ2v) is 12.4. The van der Waals surface area contributed by atoms with Crippen LogP contribution in [0.3, 0.4) is 0 Å². The van der Waals surface area contributed by atoms with E-state index in [0.717, 1.165) is 16.0 Å². The van der Waals surface area contributed by atoms with Crippen LogP contribution in [-0.2, 0) is 9.59 Å². The zero-order valence-electron chi connectivity index (χ0n) is 25.4. The lowest BCUT2D eigenvalue weighted by Crippen LogP contribution is -2.30. The van der Waals surface area contributed by atoms with Gasteiger partial charge in [-0.15, -0.1) is 11.8 Å². The monoisotopic (exact) mass is 683 g/mol. The fraction of sp³-hybridized carbons (Fsp3) is 0.0833. The first kappa shape index (κ1) is 33.3. The van der Waals surface area contributed by atoms with Crippen LogP contribution in [0.4, 0.5) is 11.4 Å². The number of amides is 3. The number of methoxy groups -OCH3 is 2. The lowest BCUT2D eigenvalue weighted by atomic mass is 10.1. The van der Waals surface area contributed by atoms with Crippen LogP contribution in [0.15, 0.2) is 124 Å². The fourth-order valence-electron chi connectivity index (χ4n) is 4.47. The third-order valence-corrected chi connectivity index (χ3v) is 9.08. The van der Waals surface area contributed by atoms with Gasteiger partial charge in [-0.3, -0.25) is 14.4 Å². The molecular weight excluding hydrogens is 654 g/mol. The summed E-state index contributed by atoms with van der Waals surface area (Å²) in [5.41, 5.74) is 3.05. The molecular formula is C36H30ClN3O5S2. The van der Waals surface area contributed by atoms with Crippen LogP contribution in [0, 0.1) is 0 Å². The topological polar surface area (TPSA) is 106 Å². The molecule has 5 aromatic rings. The number of thioether (sulfide) groups is 1. The minimum absolute atomic E-state index is 0.102. The Bertz CT molecular complexity index is 1870. The molecule has 1 unspecified atom stereocenters. The molecule has 4 aromatic carbocycles. The summed E-state index contributed by atoms with van der Waals surface area (Å²) in [6, 6.07) is 30.3. The highest BCUT2D eigenvalue weighted by molar-refractivity contribution is 8.00. The lowest BCUT2D eigenvalue weighted by Gasteiger charge is -2.19. The van der Waals surface area contributed by atoms with E-state index in [2.05, 4.69) is 16.0 Å². The number of nitrogens with one attached hydrogen (secondary N) is 3. The summed E-state index contributed by atoms with van der Waals surface area (Å²) in [7, 11) is 3.00. The molecule has 0 fully saturated rings. The van der Waals surface area contributed by atoms with Crippen molar-refractivity contribution in [2.45, 2.75) is 10.1 Å². The van der Waals surface area contributed by atoms with Crippen LogP contribution in [0.25, 0.3) is 6.08 Å². The van der Waals surface area contributed by atoms with Gasteiger partial charge in [-0.25, -0.2) is 0 Å². The highest BCUT2D eigenvalue weighted by Gasteiger charge is 2.24. The molecule has 238 valence electrons.